The average molecular weight is 369 g/mol. The van der Waals surface area contributed by atoms with Crippen LogP contribution in [-0.4, -0.2) is 46.3 Å². The molecule has 5 nitrogen and oxygen atoms in total. The highest BCUT2D eigenvalue weighted by atomic mass is 35.5. The van der Waals surface area contributed by atoms with Crippen molar-refractivity contribution in [3.63, 3.8) is 0 Å². The van der Waals surface area contributed by atoms with Gasteiger partial charge in [0.1, 0.15) is 6.10 Å². The normalized spacial score (nSPS) is 15.9. The van der Waals surface area contributed by atoms with Crippen molar-refractivity contribution in [3.8, 4) is 28.3 Å². The van der Waals surface area contributed by atoms with Crippen LogP contribution in [0.2, 0.25) is 5.02 Å². The summed E-state index contributed by atoms with van der Waals surface area (Å²) in [6.45, 7) is 2.09. The zero-order valence-electron chi connectivity index (χ0n) is 14.7. The molecule has 0 saturated carbocycles. The summed E-state index contributed by atoms with van der Waals surface area (Å²) < 4.78 is 6.30. The fourth-order valence-electron chi connectivity index (χ4n) is 3.28. The van der Waals surface area contributed by atoms with Gasteiger partial charge in [0.15, 0.2) is 0 Å². The predicted molar refractivity (Wildman–Crippen MR) is 103 cm³/mol. The van der Waals surface area contributed by atoms with Gasteiger partial charge < -0.3 is 9.64 Å². The number of nitrogens with zero attached hydrogens (tertiary/aromatic N) is 3. The lowest BCUT2D eigenvalue weighted by Gasteiger charge is -2.28. The van der Waals surface area contributed by atoms with Crippen LogP contribution in [0.1, 0.15) is 12.8 Å². The Balaban J connectivity index is 1.71. The fourth-order valence-corrected chi connectivity index (χ4v) is 3.41. The van der Waals surface area contributed by atoms with Gasteiger partial charge in [-0.3, -0.25) is 10.1 Å². The summed E-state index contributed by atoms with van der Waals surface area (Å²) in [6.07, 6.45) is 5.78. The number of piperidine rings is 1. The third-order valence-electron chi connectivity index (χ3n) is 4.78. The minimum Gasteiger partial charge on any atom is -0.473 e. The molecule has 3 heterocycles. The van der Waals surface area contributed by atoms with Crippen LogP contribution < -0.4 is 4.74 Å². The number of halogens is 1. The summed E-state index contributed by atoms with van der Waals surface area (Å²) >= 11 is 6.04. The molecule has 0 amide bonds. The lowest BCUT2D eigenvalue weighted by molar-refractivity contribution is 0.110. The van der Waals surface area contributed by atoms with E-state index >= 15 is 0 Å². The van der Waals surface area contributed by atoms with E-state index in [1.54, 1.807) is 12.4 Å². The maximum Gasteiger partial charge on any atom is 0.241 e. The molecule has 0 aliphatic carbocycles. The van der Waals surface area contributed by atoms with E-state index < -0.39 is 0 Å². The number of pyridine rings is 1. The Bertz CT molecular complexity index is 855. The van der Waals surface area contributed by atoms with Gasteiger partial charge in [-0.15, -0.1) is 5.10 Å². The van der Waals surface area contributed by atoms with E-state index in [1.165, 1.54) is 0 Å². The van der Waals surface area contributed by atoms with Crippen molar-refractivity contribution in [2.24, 2.45) is 0 Å². The van der Waals surface area contributed by atoms with Gasteiger partial charge in [-0.25, -0.2) is 0 Å². The summed E-state index contributed by atoms with van der Waals surface area (Å²) in [4.78, 5) is 6.46. The molecule has 0 radical (unpaired) electrons. The number of hydrogen-bond acceptors (Lipinski definition) is 4. The monoisotopic (exact) mass is 368 g/mol. The molecule has 134 valence electrons. The van der Waals surface area contributed by atoms with Gasteiger partial charge in [0.2, 0.25) is 5.88 Å². The molecule has 1 fully saturated rings. The van der Waals surface area contributed by atoms with E-state index in [0.717, 1.165) is 48.3 Å². The molecule has 4 rings (SSSR count). The SMILES string of the molecule is CN1CCC(Oc2n[nH]c(-c3ccc(Cl)cc3)c2-c2ccncc2)CC1. The third kappa shape index (κ3) is 3.59. The van der Waals surface area contributed by atoms with Crippen molar-refractivity contribution in [2.75, 3.05) is 20.1 Å². The Morgan fingerprint density at radius 2 is 1.73 bits per heavy atom. The lowest BCUT2D eigenvalue weighted by Crippen LogP contribution is -2.35. The Hall–Kier alpha value is -2.37. The van der Waals surface area contributed by atoms with Crippen molar-refractivity contribution in [1.29, 1.82) is 0 Å². The smallest absolute Gasteiger partial charge is 0.241 e. The van der Waals surface area contributed by atoms with Crippen molar-refractivity contribution < 1.29 is 4.74 Å². The van der Waals surface area contributed by atoms with Gasteiger partial charge in [-0.1, -0.05) is 23.7 Å². The van der Waals surface area contributed by atoms with Crippen LogP contribution in [0.25, 0.3) is 22.4 Å². The van der Waals surface area contributed by atoms with Crippen molar-refractivity contribution in [3.05, 3.63) is 53.8 Å². The summed E-state index contributed by atoms with van der Waals surface area (Å²) in [5.41, 5.74) is 3.94. The second-order valence-electron chi connectivity index (χ2n) is 6.64. The molecule has 0 unspecified atom stereocenters. The number of aromatic nitrogens is 3. The van der Waals surface area contributed by atoms with E-state index in [2.05, 4.69) is 27.1 Å². The topological polar surface area (TPSA) is 54.0 Å². The maximum absolute atomic E-state index is 6.30. The molecule has 1 aliphatic heterocycles. The third-order valence-corrected chi connectivity index (χ3v) is 5.03. The first-order valence-electron chi connectivity index (χ1n) is 8.80. The number of H-pyrrole nitrogens is 1. The number of benzene rings is 1. The Labute approximate surface area is 158 Å². The molecule has 0 bridgehead atoms. The van der Waals surface area contributed by atoms with Gasteiger partial charge in [-0.2, -0.15) is 0 Å². The van der Waals surface area contributed by atoms with Crippen LogP contribution in [0.15, 0.2) is 48.8 Å². The number of rotatable bonds is 4. The van der Waals surface area contributed by atoms with Crippen LogP contribution in [0, 0.1) is 0 Å². The number of nitrogens with one attached hydrogen (secondary N) is 1. The molecular weight excluding hydrogens is 348 g/mol. The molecule has 0 atom stereocenters. The average Bonchev–Trinajstić information content (AvgIpc) is 3.08. The molecule has 2 aromatic heterocycles. The minimum absolute atomic E-state index is 0.188. The number of ether oxygens (including phenoxy) is 1. The highest BCUT2D eigenvalue weighted by Crippen LogP contribution is 2.38. The molecule has 1 aromatic carbocycles. The van der Waals surface area contributed by atoms with Gasteiger partial charge in [-0.05, 0) is 49.7 Å². The molecule has 1 N–H and O–H groups in total. The van der Waals surface area contributed by atoms with E-state index in [-0.39, 0.29) is 6.10 Å². The van der Waals surface area contributed by atoms with Crippen LogP contribution in [0.5, 0.6) is 5.88 Å². The van der Waals surface area contributed by atoms with E-state index in [9.17, 15) is 0 Å². The first-order chi connectivity index (χ1) is 12.7. The van der Waals surface area contributed by atoms with Gasteiger partial charge >= 0.3 is 0 Å². The van der Waals surface area contributed by atoms with E-state index in [4.69, 9.17) is 16.3 Å². The van der Waals surface area contributed by atoms with Crippen molar-refractivity contribution in [2.45, 2.75) is 18.9 Å². The van der Waals surface area contributed by atoms with Gasteiger partial charge in [0.25, 0.3) is 0 Å². The second kappa shape index (κ2) is 7.48. The largest absolute Gasteiger partial charge is 0.473 e. The quantitative estimate of drug-likeness (QED) is 0.747. The van der Waals surface area contributed by atoms with Crippen LogP contribution in [0.3, 0.4) is 0 Å². The molecule has 6 heteroatoms. The molecule has 1 saturated heterocycles. The number of likely N-dealkylation sites (tertiary alicyclic amines) is 1. The highest BCUT2D eigenvalue weighted by molar-refractivity contribution is 6.30. The molecular formula is C20H21ClN4O. The molecule has 1 aliphatic rings. The Morgan fingerprint density at radius 1 is 1.04 bits per heavy atom. The Morgan fingerprint density at radius 3 is 2.42 bits per heavy atom. The highest BCUT2D eigenvalue weighted by Gasteiger charge is 2.23. The van der Waals surface area contributed by atoms with Gasteiger partial charge in [0.05, 0.1) is 11.3 Å². The van der Waals surface area contributed by atoms with Crippen LogP contribution in [0.4, 0.5) is 0 Å². The minimum atomic E-state index is 0.188. The van der Waals surface area contributed by atoms with Crippen molar-refractivity contribution in [1.82, 2.24) is 20.1 Å². The predicted octanol–water partition coefficient (Wildman–Crippen LogP) is 4.27. The lowest BCUT2D eigenvalue weighted by atomic mass is 10.0. The standard InChI is InChI=1S/C20H21ClN4O/c1-25-12-8-17(9-13-25)26-20-18(14-6-10-22-11-7-14)19(23-24-20)15-2-4-16(21)5-3-15/h2-7,10-11,17H,8-9,12-13H2,1H3,(H,23,24). The van der Waals surface area contributed by atoms with Crippen molar-refractivity contribution >= 4 is 11.6 Å². The summed E-state index contributed by atoms with van der Waals surface area (Å²) in [5, 5.41) is 8.36. The zero-order chi connectivity index (χ0) is 17.9. The van der Waals surface area contributed by atoms with Gasteiger partial charge in [0, 0.05) is 36.1 Å². The van der Waals surface area contributed by atoms with E-state index in [0.29, 0.717) is 10.9 Å². The molecule has 3 aromatic rings. The number of aromatic amines is 1. The fraction of sp³-hybridized carbons (Fsp3) is 0.300. The summed E-state index contributed by atoms with van der Waals surface area (Å²) in [5.74, 6) is 0.649. The Kier molecular flexibility index (Phi) is 4.91. The second-order valence-corrected chi connectivity index (χ2v) is 7.08. The first-order valence-corrected chi connectivity index (χ1v) is 9.18. The summed E-state index contributed by atoms with van der Waals surface area (Å²) in [6, 6.07) is 11.7. The maximum atomic E-state index is 6.30. The summed E-state index contributed by atoms with van der Waals surface area (Å²) in [7, 11) is 2.14. The van der Waals surface area contributed by atoms with E-state index in [1.807, 2.05) is 36.4 Å². The molecule has 26 heavy (non-hydrogen) atoms. The molecule has 0 spiro atoms. The number of hydrogen-bond donors (Lipinski definition) is 1. The first kappa shape index (κ1) is 17.1. The van der Waals surface area contributed by atoms with Crippen LogP contribution >= 0.6 is 11.6 Å². The zero-order valence-corrected chi connectivity index (χ0v) is 15.4. The van der Waals surface area contributed by atoms with Crippen LogP contribution in [-0.2, 0) is 0 Å².